The molecular formula is C23H41N5O3. The van der Waals surface area contributed by atoms with E-state index < -0.39 is 0 Å². The van der Waals surface area contributed by atoms with Crippen molar-refractivity contribution in [1.82, 2.24) is 15.5 Å². The summed E-state index contributed by atoms with van der Waals surface area (Å²) >= 11 is 0. The van der Waals surface area contributed by atoms with Crippen LogP contribution in [0.4, 0.5) is 5.69 Å². The summed E-state index contributed by atoms with van der Waals surface area (Å²) in [5, 5.41) is 6.76. The van der Waals surface area contributed by atoms with Gasteiger partial charge in [0.05, 0.1) is 20.3 Å². The largest absolute Gasteiger partial charge is 0.497 e. The number of piperazine rings is 1. The predicted octanol–water partition coefficient (Wildman–Crippen LogP) is 1.82. The maximum Gasteiger partial charge on any atom is 0.191 e. The number of methoxy groups -OCH3 is 2. The van der Waals surface area contributed by atoms with Crippen LogP contribution in [0, 0.1) is 0 Å². The SMILES string of the molecule is CCNC(=NCCCOCCOC)NCCCN1CCN(c2ccc(OC)cc2)CC1. The van der Waals surface area contributed by atoms with Crippen molar-refractivity contribution in [3.8, 4) is 5.75 Å². The number of guanidine groups is 1. The molecule has 1 heterocycles. The molecule has 8 heteroatoms. The first-order chi connectivity index (χ1) is 15.3. The number of rotatable bonds is 14. The molecule has 0 atom stereocenters. The van der Waals surface area contributed by atoms with Gasteiger partial charge in [-0.3, -0.25) is 9.89 Å². The Morgan fingerprint density at radius 2 is 1.74 bits per heavy atom. The Kier molecular flexibility index (Phi) is 12.8. The summed E-state index contributed by atoms with van der Waals surface area (Å²) in [6.45, 7) is 12.1. The van der Waals surface area contributed by atoms with Crippen molar-refractivity contribution < 1.29 is 14.2 Å². The summed E-state index contributed by atoms with van der Waals surface area (Å²) in [5.74, 6) is 1.80. The summed E-state index contributed by atoms with van der Waals surface area (Å²) < 4.78 is 15.7. The minimum Gasteiger partial charge on any atom is -0.497 e. The Morgan fingerprint density at radius 3 is 2.42 bits per heavy atom. The van der Waals surface area contributed by atoms with Gasteiger partial charge in [-0.05, 0) is 50.6 Å². The minimum absolute atomic E-state index is 0.643. The van der Waals surface area contributed by atoms with Gasteiger partial charge in [0.2, 0.25) is 0 Å². The lowest BCUT2D eigenvalue weighted by molar-refractivity contribution is 0.0702. The van der Waals surface area contributed by atoms with Crippen molar-refractivity contribution in [2.45, 2.75) is 19.8 Å². The number of aliphatic imine (C=N–C) groups is 1. The first-order valence-electron chi connectivity index (χ1n) is 11.5. The number of benzene rings is 1. The van der Waals surface area contributed by atoms with Crippen LogP contribution in [0.1, 0.15) is 19.8 Å². The normalized spacial score (nSPS) is 15.2. The minimum atomic E-state index is 0.643. The van der Waals surface area contributed by atoms with Crippen LogP contribution in [0.25, 0.3) is 0 Å². The zero-order valence-corrected chi connectivity index (χ0v) is 19.6. The highest BCUT2D eigenvalue weighted by Gasteiger charge is 2.16. The summed E-state index contributed by atoms with van der Waals surface area (Å²) in [6.07, 6.45) is 2.02. The topological polar surface area (TPSA) is 70.6 Å². The summed E-state index contributed by atoms with van der Waals surface area (Å²) in [7, 11) is 3.39. The van der Waals surface area contributed by atoms with Gasteiger partial charge in [-0.15, -0.1) is 0 Å². The molecule has 2 N–H and O–H groups in total. The third kappa shape index (κ3) is 10.2. The highest BCUT2D eigenvalue weighted by Crippen LogP contribution is 2.20. The molecule has 1 aromatic carbocycles. The second-order valence-electron chi connectivity index (χ2n) is 7.53. The monoisotopic (exact) mass is 435 g/mol. The molecule has 0 unspecified atom stereocenters. The molecule has 176 valence electrons. The molecule has 0 saturated carbocycles. The van der Waals surface area contributed by atoms with E-state index in [4.69, 9.17) is 14.2 Å². The highest BCUT2D eigenvalue weighted by atomic mass is 16.5. The van der Waals surface area contributed by atoms with Crippen molar-refractivity contribution in [2.75, 3.05) is 91.3 Å². The lowest BCUT2D eigenvalue weighted by atomic mass is 10.2. The van der Waals surface area contributed by atoms with Gasteiger partial charge in [-0.1, -0.05) is 0 Å². The molecule has 1 fully saturated rings. The molecule has 1 aliphatic heterocycles. The quantitative estimate of drug-likeness (QED) is 0.262. The Labute approximate surface area is 187 Å². The van der Waals surface area contributed by atoms with Crippen molar-refractivity contribution in [1.29, 1.82) is 0 Å². The Balaban J connectivity index is 1.58. The summed E-state index contributed by atoms with van der Waals surface area (Å²) in [4.78, 5) is 9.62. The van der Waals surface area contributed by atoms with E-state index in [1.54, 1.807) is 14.2 Å². The molecule has 8 nitrogen and oxygen atoms in total. The number of nitrogens with zero attached hydrogens (tertiary/aromatic N) is 3. The highest BCUT2D eigenvalue weighted by molar-refractivity contribution is 5.79. The zero-order valence-electron chi connectivity index (χ0n) is 19.6. The van der Waals surface area contributed by atoms with Gasteiger partial charge in [0.1, 0.15) is 5.75 Å². The molecule has 0 spiro atoms. The van der Waals surface area contributed by atoms with Crippen molar-refractivity contribution in [3.63, 3.8) is 0 Å². The Bertz CT molecular complexity index is 604. The maximum absolute atomic E-state index is 5.48. The van der Waals surface area contributed by atoms with Crippen molar-refractivity contribution in [3.05, 3.63) is 24.3 Å². The van der Waals surface area contributed by atoms with Crippen LogP contribution in [0.3, 0.4) is 0 Å². The van der Waals surface area contributed by atoms with Crippen LogP contribution in [0.2, 0.25) is 0 Å². The number of ether oxygens (including phenoxy) is 3. The number of nitrogens with one attached hydrogen (secondary N) is 2. The molecular weight excluding hydrogens is 394 g/mol. The molecule has 1 aromatic rings. The summed E-state index contributed by atoms with van der Waals surface area (Å²) in [5.41, 5.74) is 1.28. The van der Waals surface area contributed by atoms with Gasteiger partial charge < -0.3 is 29.7 Å². The van der Waals surface area contributed by atoms with Gasteiger partial charge in [0.15, 0.2) is 5.96 Å². The standard InChI is InChI=1S/C23H41N5O3/c1-4-24-23(26-12-6-18-31-20-19-29-2)25-11-5-13-27-14-16-28(17-15-27)21-7-9-22(30-3)10-8-21/h7-10H,4-6,11-20H2,1-3H3,(H2,24,25,26). The lowest BCUT2D eigenvalue weighted by Gasteiger charge is -2.36. The molecule has 0 amide bonds. The smallest absolute Gasteiger partial charge is 0.191 e. The van der Waals surface area contributed by atoms with E-state index >= 15 is 0 Å². The Morgan fingerprint density at radius 1 is 0.968 bits per heavy atom. The molecule has 0 bridgehead atoms. The molecule has 2 rings (SSSR count). The van der Waals surface area contributed by atoms with E-state index in [1.165, 1.54) is 5.69 Å². The fourth-order valence-corrected chi connectivity index (χ4v) is 3.48. The van der Waals surface area contributed by atoms with E-state index in [0.717, 1.165) is 83.5 Å². The molecule has 0 radical (unpaired) electrons. The van der Waals surface area contributed by atoms with E-state index in [1.807, 2.05) is 12.1 Å². The zero-order chi connectivity index (χ0) is 22.2. The van der Waals surface area contributed by atoms with E-state index in [9.17, 15) is 0 Å². The van der Waals surface area contributed by atoms with Crippen LogP contribution >= 0.6 is 0 Å². The third-order valence-electron chi connectivity index (χ3n) is 5.25. The van der Waals surface area contributed by atoms with Crippen LogP contribution in [0.15, 0.2) is 29.3 Å². The molecule has 1 saturated heterocycles. The van der Waals surface area contributed by atoms with E-state index in [-0.39, 0.29) is 0 Å². The van der Waals surface area contributed by atoms with E-state index in [2.05, 4.69) is 44.5 Å². The number of hydrogen-bond donors (Lipinski definition) is 2. The fraction of sp³-hybridized carbons (Fsp3) is 0.696. The van der Waals surface area contributed by atoms with Crippen LogP contribution in [-0.2, 0) is 9.47 Å². The average molecular weight is 436 g/mol. The first kappa shape index (κ1) is 25.2. The molecule has 0 aliphatic carbocycles. The van der Waals surface area contributed by atoms with Crippen LogP contribution in [0.5, 0.6) is 5.75 Å². The van der Waals surface area contributed by atoms with Gasteiger partial charge in [-0.25, -0.2) is 0 Å². The third-order valence-corrected chi connectivity index (χ3v) is 5.25. The maximum atomic E-state index is 5.48. The summed E-state index contributed by atoms with van der Waals surface area (Å²) in [6, 6.07) is 8.36. The molecule has 1 aliphatic rings. The van der Waals surface area contributed by atoms with Gasteiger partial charge >= 0.3 is 0 Å². The average Bonchev–Trinajstić information content (AvgIpc) is 2.81. The van der Waals surface area contributed by atoms with Crippen molar-refractivity contribution >= 4 is 11.6 Å². The number of anilines is 1. The number of hydrogen-bond acceptors (Lipinski definition) is 6. The molecule has 0 aromatic heterocycles. The van der Waals surface area contributed by atoms with E-state index in [0.29, 0.717) is 13.2 Å². The molecule has 31 heavy (non-hydrogen) atoms. The van der Waals surface area contributed by atoms with Gasteiger partial charge in [-0.2, -0.15) is 0 Å². The second-order valence-corrected chi connectivity index (χ2v) is 7.53. The van der Waals surface area contributed by atoms with Crippen LogP contribution < -0.4 is 20.3 Å². The second kappa shape index (κ2) is 15.7. The Hall–Kier alpha value is -2.03. The first-order valence-corrected chi connectivity index (χ1v) is 11.5. The van der Waals surface area contributed by atoms with Crippen molar-refractivity contribution in [2.24, 2.45) is 4.99 Å². The fourth-order valence-electron chi connectivity index (χ4n) is 3.48. The predicted molar refractivity (Wildman–Crippen MR) is 128 cm³/mol. The van der Waals surface area contributed by atoms with Gasteiger partial charge in [0.25, 0.3) is 0 Å². The van der Waals surface area contributed by atoms with Crippen LogP contribution in [-0.4, -0.2) is 97.3 Å². The van der Waals surface area contributed by atoms with Gasteiger partial charge in [0, 0.05) is 65.2 Å². The lowest BCUT2D eigenvalue weighted by Crippen LogP contribution is -2.47.